The number of nitrogens with zero attached hydrogens (tertiary/aromatic N) is 1. The van der Waals surface area contributed by atoms with Gasteiger partial charge in [-0.1, -0.05) is 11.8 Å². The third-order valence-electron chi connectivity index (χ3n) is 3.74. The molecule has 5 nitrogen and oxygen atoms in total. The molecule has 0 atom stereocenters. The molecule has 1 saturated carbocycles. The van der Waals surface area contributed by atoms with Gasteiger partial charge in [0.05, 0.1) is 17.2 Å². The van der Waals surface area contributed by atoms with E-state index in [2.05, 4.69) is 4.98 Å². The van der Waals surface area contributed by atoms with Crippen molar-refractivity contribution in [3.8, 4) is 0 Å². The molecule has 1 aromatic rings. The van der Waals surface area contributed by atoms with Gasteiger partial charge in [0.25, 0.3) is 5.22 Å². The van der Waals surface area contributed by atoms with E-state index in [-0.39, 0.29) is 5.92 Å². The maximum absolute atomic E-state index is 10.9. The lowest BCUT2D eigenvalue weighted by atomic mass is 9.80. The molecule has 6 heteroatoms. The lowest BCUT2D eigenvalue weighted by Gasteiger charge is -2.33. The highest BCUT2D eigenvalue weighted by Gasteiger charge is 2.36. The molecule has 0 radical (unpaired) electrons. The van der Waals surface area contributed by atoms with Crippen molar-refractivity contribution >= 4 is 17.7 Å². The molecule has 0 aromatic carbocycles. The van der Waals surface area contributed by atoms with Crippen LogP contribution in [-0.4, -0.2) is 32.5 Å². The van der Waals surface area contributed by atoms with E-state index in [0.717, 1.165) is 11.5 Å². The first-order valence-corrected chi connectivity index (χ1v) is 7.40. The Morgan fingerprint density at radius 2 is 2.11 bits per heavy atom. The Morgan fingerprint density at radius 1 is 1.47 bits per heavy atom. The van der Waals surface area contributed by atoms with Crippen LogP contribution in [-0.2, 0) is 4.79 Å². The van der Waals surface area contributed by atoms with E-state index in [1.807, 2.05) is 13.8 Å². The summed E-state index contributed by atoms with van der Waals surface area (Å²) in [6.45, 7) is 3.74. The summed E-state index contributed by atoms with van der Waals surface area (Å²) in [7, 11) is 0. The summed E-state index contributed by atoms with van der Waals surface area (Å²) in [5.74, 6) is 0.230. The third kappa shape index (κ3) is 3.51. The molecule has 19 heavy (non-hydrogen) atoms. The van der Waals surface area contributed by atoms with Crippen molar-refractivity contribution in [2.75, 3.05) is 5.75 Å². The number of aryl methyl sites for hydroxylation is 2. The quantitative estimate of drug-likeness (QED) is 0.826. The fourth-order valence-corrected chi connectivity index (χ4v) is 3.31. The van der Waals surface area contributed by atoms with E-state index in [4.69, 9.17) is 9.52 Å². The van der Waals surface area contributed by atoms with Gasteiger partial charge >= 0.3 is 5.97 Å². The summed E-state index contributed by atoms with van der Waals surface area (Å²) in [4.78, 5) is 15.1. The van der Waals surface area contributed by atoms with Crippen LogP contribution in [0.15, 0.2) is 9.64 Å². The Bertz CT molecular complexity index is 444. The van der Waals surface area contributed by atoms with Crippen molar-refractivity contribution < 1.29 is 19.4 Å². The smallest absolute Gasteiger partial charge is 0.306 e. The van der Waals surface area contributed by atoms with Gasteiger partial charge in [-0.15, -0.1) is 0 Å². The van der Waals surface area contributed by atoms with Crippen LogP contribution >= 0.6 is 11.8 Å². The van der Waals surface area contributed by atoms with Gasteiger partial charge in [0.2, 0.25) is 0 Å². The molecule has 0 aliphatic heterocycles. The molecule has 2 rings (SSSR count). The van der Waals surface area contributed by atoms with Gasteiger partial charge in [0, 0.05) is 5.75 Å². The molecule has 1 fully saturated rings. The first-order valence-electron chi connectivity index (χ1n) is 6.42. The molecule has 0 saturated heterocycles. The van der Waals surface area contributed by atoms with E-state index < -0.39 is 11.6 Å². The molecular formula is C13H19NO4S. The van der Waals surface area contributed by atoms with Crippen molar-refractivity contribution in [2.45, 2.75) is 50.4 Å². The topological polar surface area (TPSA) is 83.6 Å². The van der Waals surface area contributed by atoms with Gasteiger partial charge in [0.15, 0.2) is 0 Å². The van der Waals surface area contributed by atoms with E-state index in [9.17, 15) is 9.90 Å². The Kier molecular flexibility index (Phi) is 4.20. The van der Waals surface area contributed by atoms with Gasteiger partial charge in [-0.05, 0) is 39.5 Å². The summed E-state index contributed by atoms with van der Waals surface area (Å²) in [6, 6.07) is 0. The fourth-order valence-electron chi connectivity index (χ4n) is 2.25. The Balaban J connectivity index is 1.87. The number of thioether (sulfide) groups is 1. The van der Waals surface area contributed by atoms with Gasteiger partial charge in [-0.3, -0.25) is 4.79 Å². The highest BCUT2D eigenvalue weighted by molar-refractivity contribution is 7.99. The Morgan fingerprint density at radius 3 is 2.58 bits per heavy atom. The highest BCUT2D eigenvalue weighted by Crippen LogP contribution is 2.36. The number of carboxylic acid groups (broad SMARTS) is 1. The number of oxazole rings is 1. The van der Waals surface area contributed by atoms with Crippen LogP contribution in [0.4, 0.5) is 0 Å². The second kappa shape index (κ2) is 5.54. The van der Waals surface area contributed by atoms with Crippen LogP contribution in [0.1, 0.15) is 37.1 Å². The zero-order chi connectivity index (χ0) is 14.0. The molecule has 1 aliphatic rings. The Hall–Kier alpha value is -1.01. The second-order valence-corrected chi connectivity index (χ2v) is 6.17. The van der Waals surface area contributed by atoms with Gasteiger partial charge in [-0.2, -0.15) is 0 Å². The molecule has 0 unspecified atom stereocenters. The molecule has 0 amide bonds. The molecule has 1 aromatic heterocycles. The molecule has 1 aliphatic carbocycles. The molecule has 0 spiro atoms. The van der Waals surface area contributed by atoms with Crippen LogP contribution in [0, 0.1) is 19.8 Å². The number of carboxylic acids is 1. The molecule has 1 heterocycles. The van der Waals surface area contributed by atoms with E-state index in [0.29, 0.717) is 36.7 Å². The zero-order valence-electron chi connectivity index (χ0n) is 11.2. The van der Waals surface area contributed by atoms with Crippen molar-refractivity contribution in [3.63, 3.8) is 0 Å². The van der Waals surface area contributed by atoms with E-state index in [1.54, 1.807) is 0 Å². The standard InChI is InChI=1S/C13H19NO4S/c1-8-9(2)18-12(14-8)19-7-13(17)5-3-10(4-6-13)11(15)16/h10,17H,3-7H2,1-2H3,(H,15,16). The zero-order valence-corrected chi connectivity index (χ0v) is 12.0. The van der Waals surface area contributed by atoms with Crippen molar-refractivity contribution in [1.29, 1.82) is 0 Å². The fraction of sp³-hybridized carbons (Fsp3) is 0.692. The minimum Gasteiger partial charge on any atom is -0.481 e. The minimum absolute atomic E-state index is 0.309. The summed E-state index contributed by atoms with van der Waals surface area (Å²) in [5.41, 5.74) is 0.0662. The number of hydrogen-bond donors (Lipinski definition) is 2. The van der Waals surface area contributed by atoms with E-state index in [1.165, 1.54) is 11.8 Å². The van der Waals surface area contributed by atoms with Gasteiger partial charge < -0.3 is 14.6 Å². The van der Waals surface area contributed by atoms with Crippen LogP contribution in [0.25, 0.3) is 0 Å². The predicted octanol–water partition coefficient (Wildman–Crippen LogP) is 2.39. The Labute approximate surface area is 116 Å². The normalized spacial score (nSPS) is 27.4. The summed E-state index contributed by atoms with van der Waals surface area (Å²) in [6.07, 6.45) is 2.12. The number of aliphatic carboxylic acids is 1. The maximum atomic E-state index is 10.9. The third-order valence-corrected chi connectivity index (χ3v) is 4.84. The van der Waals surface area contributed by atoms with Crippen LogP contribution in [0.3, 0.4) is 0 Å². The number of aliphatic hydroxyl groups is 1. The van der Waals surface area contributed by atoms with Gasteiger partial charge in [0.1, 0.15) is 5.76 Å². The van der Waals surface area contributed by atoms with Crippen LogP contribution < -0.4 is 0 Å². The van der Waals surface area contributed by atoms with Crippen molar-refractivity contribution in [2.24, 2.45) is 5.92 Å². The van der Waals surface area contributed by atoms with Crippen molar-refractivity contribution in [3.05, 3.63) is 11.5 Å². The number of carbonyl (C=O) groups is 1. The molecule has 0 bridgehead atoms. The number of rotatable bonds is 4. The lowest BCUT2D eigenvalue weighted by Crippen LogP contribution is -2.38. The summed E-state index contributed by atoms with van der Waals surface area (Å²) in [5, 5.41) is 19.9. The van der Waals surface area contributed by atoms with Crippen molar-refractivity contribution in [1.82, 2.24) is 4.98 Å². The highest BCUT2D eigenvalue weighted by atomic mass is 32.2. The monoisotopic (exact) mass is 285 g/mol. The first kappa shape index (κ1) is 14.4. The second-order valence-electron chi connectivity index (χ2n) is 5.25. The molecule has 106 valence electrons. The van der Waals surface area contributed by atoms with Crippen LogP contribution in [0.2, 0.25) is 0 Å². The number of hydrogen-bond acceptors (Lipinski definition) is 5. The van der Waals surface area contributed by atoms with Crippen LogP contribution in [0.5, 0.6) is 0 Å². The first-order chi connectivity index (χ1) is 8.89. The average molecular weight is 285 g/mol. The molecular weight excluding hydrogens is 266 g/mol. The maximum Gasteiger partial charge on any atom is 0.306 e. The molecule has 2 N–H and O–H groups in total. The van der Waals surface area contributed by atoms with E-state index >= 15 is 0 Å². The summed E-state index contributed by atoms with van der Waals surface area (Å²) < 4.78 is 5.46. The average Bonchev–Trinajstić information content (AvgIpc) is 2.67. The lowest BCUT2D eigenvalue weighted by molar-refractivity contribution is -0.144. The largest absolute Gasteiger partial charge is 0.481 e. The SMILES string of the molecule is Cc1nc(SCC2(O)CCC(C(=O)O)CC2)oc1C. The summed E-state index contributed by atoms with van der Waals surface area (Å²) >= 11 is 1.40. The minimum atomic E-state index is -0.799. The predicted molar refractivity (Wildman–Crippen MR) is 71.2 cm³/mol. The number of aromatic nitrogens is 1. The van der Waals surface area contributed by atoms with Gasteiger partial charge in [-0.25, -0.2) is 4.98 Å².